The van der Waals surface area contributed by atoms with Gasteiger partial charge in [-0.15, -0.1) is 0 Å². The Hall–Kier alpha value is -2.76. The minimum Gasteiger partial charge on any atom is -0.356 e. The normalized spacial score (nSPS) is 10.1. The molecule has 0 atom stereocenters. The lowest BCUT2D eigenvalue weighted by Crippen LogP contribution is -2.30. The molecule has 0 saturated carbocycles. The molecule has 120 valence electrons. The van der Waals surface area contributed by atoms with Gasteiger partial charge in [-0.05, 0) is 30.2 Å². The number of hydrogen-bond acceptors (Lipinski definition) is 3. The summed E-state index contributed by atoms with van der Waals surface area (Å²) < 4.78 is 13.4. The van der Waals surface area contributed by atoms with E-state index >= 15 is 0 Å². The Morgan fingerprint density at radius 3 is 2.57 bits per heavy atom. The van der Waals surface area contributed by atoms with Crippen LogP contribution in [0.5, 0.6) is 0 Å². The van der Waals surface area contributed by atoms with Gasteiger partial charge >= 0.3 is 0 Å². The number of aromatic nitrogens is 1. The van der Waals surface area contributed by atoms with Crippen molar-refractivity contribution in [1.82, 2.24) is 15.6 Å². The minimum atomic E-state index is -0.383. The number of carbonyl (C=O) groups excluding carboxylic acids is 2. The van der Waals surface area contributed by atoms with E-state index in [0.717, 1.165) is 0 Å². The zero-order chi connectivity index (χ0) is 16.5. The predicted molar refractivity (Wildman–Crippen MR) is 84.3 cm³/mol. The molecular weight excluding hydrogens is 297 g/mol. The van der Waals surface area contributed by atoms with E-state index in [1.165, 1.54) is 12.3 Å². The van der Waals surface area contributed by atoms with Crippen molar-refractivity contribution < 1.29 is 14.0 Å². The number of hydrogen-bond donors (Lipinski definition) is 2. The third-order valence-corrected chi connectivity index (χ3v) is 3.19. The maximum atomic E-state index is 13.4. The summed E-state index contributed by atoms with van der Waals surface area (Å²) in [5, 5.41) is 5.44. The fraction of sp³-hybridized carbons (Fsp3) is 0.235. The highest BCUT2D eigenvalue weighted by molar-refractivity contribution is 5.93. The maximum Gasteiger partial charge on any atom is 0.252 e. The first-order valence-electron chi connectivity index (χ1n) is 7.35. The molecule has 0 saturated heterocycles. The standard InChI is InChI=1S/C17H18FN3O2/c18-15-7-2-1-5-13(15)11-16(22)20-9-4-10-21-17(23)14-6-3-8-19-12-14/h1-3,5-8,12H,4,9-11H2,(H,20,22)(H,21,23). The third-order valence-electron chi connectivity index (χ3n) is 3.19. The Bertz CT molecular complexity index is 662. The fourth-order valence-electron chi connectivity index (χ4n) is 1.99. The molecule has 1 aromatic carbocycles. The van der Waals surface area contributed by atoms with E-state index in [4.69, 9.17) is 0 Å². The largest absolute Gasteiger partial charge is 0.356 e. The molecule has 0 aliphatic heterocycles. The number of carbonyl (C=O) groups is 2. The van der Waals surface area contributed by atoms with E-state index in [9.17, 15) is 14.0 Å². The average molecular weight is 315 g/mol. The Morgan fingerprint density at radius 1 is 1.04 bits per heavy atom. The predicted octanol–water partition coefficient (Wildman–Crippen LogP) is 1.70. The van der Waals surface area contributed by atoms with Crippen molar-refractivity contribution in [2.45, 2.75) is 12.8 Å². The number of nitrogens with one attached hydrogen (secondary N) is 2. The van der Waals surface area contributed by atoms with E-state index in [-0.39, 0.29) is 24.1 Å². The Kier molecular flexibility index (Phi) is 6.23. The quantitative estimate of drug-likeness (QED) is 0.764. The molecule has 2 amide bonds. The first-order valence-corrected chi connectivity index (χ1v) is 7.35. The van der Waals surface area contributed by atoms with Crippen molar-refractivity contribution >= 4 is 11.8 Å². The SMILES string of the molecule is O=C(Cc1ccccc1F)NCCCNC(=O)c1cccnc1. The first kappa shape index (κ1) is 16.6. The van der Waals surface area contributed by atoms with Crippen LogP contribution in [-0.2, 0) is 11.2 Å². The van der Waals surface area contributed by atoms with E-state index in [2.05, 4.69) is 15.6 Å². The van der Waals surface area contributed by atoms with Crippen LogP contribution in [0.2, 0.25) is 0 Å². The second-order valence-electron chi connectivity index (χ2n) is 4.97. The summed E-state index contributed by atoms with van der Waals surface area (Å²) in [5.74, 6) is -0.823. The van der Waals surface area contributed by atoms with Gasteiger partial charge in [0.2, 0.25) is 5.91 Å². The Balaban J connectivity index is 1.63. The summed E-state index contributed by atoms with van der Waals surface area (Å²) in [6, 6.07) is 9.57. The van der Waals surface area contributed by atoms with Crippen LogP contribution in [-0.4, -0.2) is 29.9 Å². The fourth-order valence-corrected chi connectivity index (χ4v) is 1.99. The zero-order valence-electron chi connectivity index (χ0n) is 12.6. The van der Waals surface area contributed by atoms with Crippen LogP contribution >= 0.6 is 0 Å². The van der Waals surface area contributed by atoms with E-state index in [1.807, 2.05) is 0 Å². The molecule has 0 fully saturated rings. The molecule has 2 N–H and O–H groups in total. The van der Waals surface area contributed by atoms with E-state index in [1.54, 1.807) is 36.5 Å². The number of nitrogens with zero attached hydrogens (tertiary/aromatic N) is 1. The molecule has 1 heterocycles. The molecule has 0 spiro atoms. The zero-order valence-corrected chi connectivity index (χ0v) is 12.6. The van der Waals surface area contributed by atoms with Gasteiger partial charge in [0.1, 0.15) is 5.82 Å². The van der Waals surface area contributed by atoms with Crippen LogP contribution in [0.4, 0.5) is 4.39 Å². The van der Waals surface area contributed by atoms with Gasteiger partial charge in [0.15, 0.2) is 0 Å². The molecular formula is C17H18FN3O2. The summed E-state index contributed by atoms with van der Waals surface area (Å²) in [4.78, 5) is 27.3. The summed E-state index contributed by atoms with van der Waals surface area (Å²) in [5.41, 5.74) is 0.867. The van der Waals surface area contributed by atoms with Gasteiger partial charge in [-0.2, -0.15) is 0 Å². The smallest absolute Gasteiger partial charge is 0.252 e. The van der Waals surface area contributed by atoms with Gasteiger partial charge in [0.25, 0.3) is 5.91 Å². The van der Waals surface area contributed by atoms with Crippen LogP contribution in [0.3, 0.4) is 0 Å². The molecule has 2 rings (SSSR count). The van der Waals surface area contributed by atoms with Crippen LogP contribution in [0.1, 0.15) is 22.3 Å². The van der Waals surface area contributed by atoms with Crippen molar-refractivity contribution in [2.24, 2.45) is 0 Å². The van der Waals surface area contributed by atoms with Crippen molar-refractivity contribution in [3.05, 3.63) is 65.7 Å². The first-order chi connectivity index (χ1) is 11.2. The summed E-state index contributed by atoms with van der Waals surface area (Å²) in [6.07, 6.45) is 3.69. The molecule has 6 heteroatoms. The third kappa shape index (κ3) is 5.50. The number of pyridine rings is 1. The topological polar surface area (TPSA) is 71.1 Å². The summed E-state index contributed by atoms with van der Waals surface area (Å²) in [6.45, 7) is 0.855. The lowest BCUT2D eigenvalue weighted by atomic mass is 10.1. The monoisotopic (exact) mass is 315 g/mol. The number of halogens is 1. The summed E-state index contributed by atoms with van der Waals surface area (Å²) >= 11 is 0. The highest BCUT2D eigenvalue weighted by atomic mass is 19.1. The Morgan fingerprint density at radius 2 is 1.83 bits per heavy atom. The molecule has 0 aliphatic rings. The summed E-state index contributed by atoms with van der Waals surface area (Å²) in [7, 11) is 0. The molecule has 23 heavy (non-hydrogen) atoms. The molecule has 0 unspecified atom stereocenters. The van der Waals surface area contributed by atoms with Crippen molar-refractivity contribution in [1.29, 1.82) is 0 Å². The number of amides is 2. The van der Waals surface area contributed by atoms with Gasteiger partial charge in [-0.25, -0.2) is 4.39 Å². The Labute approximate surface area is 133 Å². The molecule has 0 bridgehead atoms. The minimum absolute atomic E-state index is 0.00865. The molecule has 0 radical (unpaired) electrons. The highest BCUT2D eigenvalue weighted by Gasteiger charge is 2.07. The van der Waals surface area contributed by atoms with Crippen molar-refractivity contribution in [3.8, 4) is 0 Å². The van der Waals surface area contributed by atoms with Crippen LogP contribution in [0.25, 0.3) is 0 Å². The number of rotatable bonds is 7. The molecule has 5 nitrogen and oxygen atoms in total. The molecule has 2 aromatic rings. The maximum absolute atomic E-state index is 13.4. The average Bonchev–Trinajstić information content (AvgIpc) is 2.57. The van der Waals surface area contributed by atoms with Gasteiger partial charge in [0.05, 0.1) is 12.0 Å². The van der Waals surface area contributed by atoms with Gasteiger partial charge in [-0.1, -0.05) is 18.2 Å². The van der Waals surface area contributed by atoms with E-state index < -0.39 is 0 Å². The lowest BCUT2D eigenvalue weighted by Gasteiger charge is -2.07. The van der Waals surface area contributed by atoms with Crippen LogP contribution in [0, 0.1) is 5.82 Å². The highest BCUT2D eigenvalue weighted by Crippen LogP contribution is 2.06. The van der Waals surface area contributed by atoms with Crippen molar-refractivity contribution in [3.63, 3.8) is 0 Å². The molecule has 0 aliphatic carbocycles. The second kappa shape index (κ2) is 8.63. The van der Waals surface area contributed by atoms with Crippen molar-refractivity contribution in [2.75, 3.05) is 13.1 Å². The van der Waals surface area contributed by atoms with Gasteiger partial charge in [0, 0.05) is 25.5 Å². The van der Waals surface area contributed by atoms with Crippen LogP contribution in [0.15, 0.2) is 48.8 Å². The van der Waals surface area contributed by atoms with Gasteiger partial charge < -0.3 is 10.6 Å². The molecule has 1 aromatic heterocycles. The van der Waals surface area contributed by atoms with E-state index in [0.29, 0.717) is 30.6 Å². The van der Waals surface area contributed by atoms with Gasteiger partial charge in [-0.3, -0.25) is 14.6 Å². The number of benzene rings is 1. The van der Waals surface area contributed by atoms with Crippen LogP contribution < -0.4 is 10.6 Å². The second-order valence-corrected chi connectivity index (χ2v) is 4.97. The lowest BCUT2D eigenvalue weighted by molar-refractivity contribution is -0.120.